The summed E-state index contributed by atoms with van der Waals surface area (Å²) in [5, 5.41) is 13.2. The normalized spacial score (nSPS) is 15.3. The first kappa shape index (κ1) is 18.3. The molecule has 1 fully saturated rings. The third-order valence-electron chi connectivity index (χ3n) is 3.65. The maximum atomic E-state index is 12.4. The Morgan fingerprint density at radius 3 is 2.71 bits per heavy atom. The molecule has 7 nitrogen and oxygen atoms in total. The lowest BCUT2D eigenvalue weighted by Gasteiger charge is -2.23. The minimum Gasteiger partial charge on any atom is -0.471 e. The molecule has 1 aliphatic carbocycles. The fraction of sp³-hybridized carbons (Fsp3) is 0.571. The average Bonchev–Trinajstić information content (AvgIpc) is 2.53. The lowest BCUT2D eigenvalue weighted by molar-refractivity contribution is -0.385. The summed E-state index contributed by atoms with van der Waals surface area (Å²) in [6, 6.07) is 0.831. The molecule has 1 N–H and O–H groups in total. The van der Waals surface area contributed by atoms with E-state index in [1.54, 1.807) is 0 Å². The number of carbonyl (C=O) groups is 1. The Balaban J connectivity index is 2.27. The second-order valence-electron chi connectivity index (χ2n) is 5.42. The van der Waals surface area contributed by atoms with E-state index in [0.29, 0.717) is 0 Å². The van der Waals surface area contributed by atoms with Gasteiger partial charge in [0, 0.05) is 12.1 Å². The van der Waals surface area contributed by atoms with E-state index in [1.165, 1.54) is 0 Å². The predicted octanol–water partition coefficient (Wildman–Crippen LogP) is 3.35. The summed E-state index contributed by atoms with van der Waals surface area (Å²) >= 11 is 5.66. The number of carbonyl (C=O) groups excluding carboxylic acids is 1. The van der Waals surface area contributed by atoms with Crippen LogP contribution in [-0.2, 0) is 0 Å². The highest BCUT2D eigenvalue weighted by Crippen LogP contribution is 2.29. The summed E-state index contributed by atoms with van der Waals surface area (Å²) in [5.41, 5.74) is -0.868. The van der Waals surface area contributed by atoms with Crippen molar-refractivity contribution in [3.05, 3.63) is 26.9 Å². The molecule has 1 aromatic heterocycles. The molecule has 0 aromatic carbocycles. The van der Waals surface area contributed by atoms with E-state index < -0.39 is 40.6 Å². The van der Waals surface area contributed by atoms with Gasteiger partial charge < -0.3 is 10.1 Å². The van der Waals surface area contributed by atoms with Crippen molar-refractivity contribution < 1.29 is 23.2 Å². The zero-order valence-corrected chi connectivity index (χ0v) is 13.4. The van der Waals surface area contributed by atoms with E-state index in [-0.39, 0.29) is 11.6 Å². The number of halogens is 3. The summed E-state index contributed by atoms with van der Waals surface area (Å²) in [4.78, 5) is 26.1. The molecule has 1 saturated carbocycles. The Bertz CT molecular complexity index is 624. The van der Waals surface area contributed by atoms with Gasteiger partial charge in [0.15, 0.2) is 6.61 Å². The molecule has 1 amide bonds. The minimum absolute atomic E-state index is 0.0658. The van der Waals surface area contributed by atoms with Gasteiger partial charge in [-0.05, 0) is 12.8 Å². The molecule has 132 valence electrons. The molecule has 0 unspecified atom stereocenters. The zero-order chi connectivity index (χ0) is 17.7. The summed E-state index contributed by atoms with van der Waals surface area (Å²) in [6.45, 7) is -0.995. The summed E-state index contributed by atoms with van der Waals surface area (Å²) < 4.78 is 29.5. The van der Waals surface area contributed by atoms with Gasteiger partial charge in [-0.25, -0.2) is 8.78 Å². The second-order valence-corrected chi connectivity index (χ2v) is 5.78. The topological polar surface area (TPSA) is 94.4 Å². The Morgan fingerprint density at radius 1 is 1.46 bits per heavy atom. The van der Waals surface area contributed by atoms with Crippen LogP contribution in [0.25, 0.3) is 0 Å². The van der Waals surface area contributed by atoms with E-state index >= 15 is 0 Å². The third kappa shape index (κ3) is 4.73. The fourth-order valence-corrected chi connectivity index (χ4v) is 2.72. The average molecular weight is 364 g/mol. The number of nitrogens with zero attached hydrogens (tertiary/aromatic N) is 2. The smallest absolute Gasteiger partial charge is 0.307 e. The van der Waals surface area contributed by atoms with Gasteiger partial charge in [-0.1, -0.05) is 30.9 Å². The highest BCUT2D eigenvalue weighted by Gasteiger charge is 2.26. The molecule has 0 spiro atoms. The van der Waals surface area contributed by atoms with Crippen LogP contribution < -0.4 is 10.1 Å². The van der Waals surface area contributed by atoms with E-state index in [1.807, 2.05) is 0 Å². The summed E-state index contributed by atoms with van der Waals surface area (Å²) in [7, 11) is 0. The van der Waals surface area contributed by atoms with Crippen molar-refractivity contribution in [3.8, 4) is 5.88 Å². The third-order valence-corrected chi connectivity index (χ3v) is 3.93. The SMILES string of the molecule is O=C(NC1CCCCC1)c1cc([N+](=O)[O-])c(Cl)nc1OCC(F)F. The van der Waals surface area contributed by atoms with Crippen LogP contribution in [0.15, 0.2) is 6.07 Å². The number of alkyl halides is 2. The van der Waals surface area contributed by atoms with E-state index in [2.05, 4.69) is 10.3 Å². The number of nitrogens with one attached hydrogen (secondary N) is 1. The molecule has 2 rings (SSSR count). The zero-order valence-electron chi connectivity index (χ0n) is 12.6. The van der Waals surface area contributed by atoms with Gasteiger partial charge in [0.05, 0.1) is 4.92 Å². The monoisotopic (exact) mass is 363 g/mol. The summed E-state index contributed by atoms with van der Waals surface area (Å²) in [6.07, 6.45) is 1.83. The van der Waals surface area contributed by atoms with Crippen LogP contribution >= 0.6 is 11.6 Å². The molecule has 1 aromatic rings. The molecule has 0 aliphatic heterocycles. The fourth-order valence-electron chi connectivity index (χ4n) is 2.52. The van der Waals surface area contributed by atoms with Crippen LogP contribution in [0.4, 0.5) is 14.5 Å². The minimum atomic E-state index is -2.78. The van der Waals surface area contributed by atoms with Gasteiger partial charge in [-0.3, -0.25) is 14.9 Å². The predicted molar refractivity (Wildman–Crippen MR) is 81.7 cm³/mol. The van der Waals surface area contributed by atoms with E-state index in [0.717, 1.165) is 38.2 Å². The Kier molecular flexibility index (Phi) is 6.24. The van der Waals surface area contributed by atoms with Crippen molar-refractivity contribution in [2.24, 2.45) is 0 Å². The molecule has 0 bridgehead atoms. The van der Waals surface area contributed by atoms with Crippen LogP contribution in [0.1, 0.15) is 42.5 Å². The van der Waals surface area contributed by atoms with Crippen LogP contribution in [0.2, 0.25) is 5.15 Å². The van der Waals surface area contributed by atoms with Gasteiger partial charge in [0.1, 0.15) is 5.56 Å². The van der Waals surface area contributed by atoms with Gasteiger partial charge >= 0.3 is 5.69 Å². The van der Waals surface area contributed by atoms with Crippen LogP contribution in [0.5, 0.6) is 5.88 Å². The molecule has 24 heavy (non-hydrogen) atoms. The number of amides is 1. The number of rotatable bonds is 6. The largest absolute Gasteiger partial charge is 0.471 e. The lowest BCUT2D eigenvalue weighted by Crippen LogP contribution is -2.36. The Hall–Kier alpha value is -2.03. The van der Waals surface area contributed by atoms with Crippen molar-refractivity contribution in [1.29, 1.82) is 0 Å². The number of hydrogen-bond donors (Lipinski definition) is 1. The molecule has 10 heteroatoms. The number of aromatic nitrogens is 1. The number of hydrogen-bond acceptors (Lipinski definition) is 5. The van der Waals surface area contributed by atoms with Crippen LogP contribution in [0, 0.1) is 10.1 Å². The van der Waals surface area contributed by atoms with Gasteiger partial charge in [-0.2, -0.15) is 4.98 Å². The van der Waals surface area contributed by atoms with E-state index in [4.69, 9.17) is 16.3 Å². The maximum absolute atomic E-state index is 12.4. The second kappa shape index (κ2) is 8.18. The molecule has 1 aliphatic rings. The van der Waals surface area contributed by atoms with Gasteiger partial charge in [-0.15, -0.1) is 0 Å². The highest BCUT2D eigenvalue weighted by atomic mass is 35.5. The molecule has 0 atom stereocenters. The van der Waals surface area contributed by atoms with Gasteiger partial charge in [0.2, 0.25) is 11.0 Å². The van der Waals surface area contributed by atoms with Crippen molar-refractivity contribution in [1.82, 2.24) is 10.3 Å². The molecule has 0 radical (unpaired) electrons. The quantitative estimate of drug-likeness (QED) is 0.475. The molecule has 0 saturated heterocycles. The first-order valence-electron chi connectivity index (χ1n) is 7.45. The van der Waals surface area contributed by atoms with Crippen molar-refractivity contribution in [2.45, 2.75) is 44.6 Å². The Morgan fingerprint density at radius 2 is 2.12 bits per heavy atom. The molecule has 1 heterocycles. The number of pyridine rings is 1. The number of nitro groups is 1. The maximum Gasteiger partial charge on any atom is 0.307 e. The molecular weight excluding hydrogens is 348 g/mol. The van der Waals surface area contributed by atoms with Crippen molar-refractivity contribution in [2.75, 3.05) is 6.61 Å². The van der Waals surface area contributed by atoms with Crippen LogP contribution in [0.3, 0.4) is 0 Å². The van der Waals surface area contributed by atoms with Crippen LogP contribution in [-0.4, -0.2) is 34.9 Å². The van der Waals surface area contributed by atoms with Crippen molar-refractivity contribution >= 4 is 23.2 Å². The standard InChI is InChI=1S/C14H16ClF2N3O4/c15-12-10(20(22)23)6-9(14(19-12)24-7-11(16)17)13(21)18-8-4-2-1-3-5-8/h6,8,11H,1-5,7H2,(H,18,21). The van der Waals surface area contributed by atoms with Gasteiger partial charge in [0.25, 0.3) is 12.3 Å². The first-order chi connectivity index (χ1) is 11.4. The first-order valence-corrected chi connectivity index (χ1v) is 7.83. The van der Waals surface area contributed by atoms with Crippen molar-refractivity contribution in [3.63, 3.8) is 0 Å². The Labute approximate surface area is 141 Å². The summed E-state index contributed by atoms with van der Waals surface area (Å²) in [5.74, 6) is -1.10. The lowest BCUT2D eigenvalue weighted by atomic mass is 9.95. The molecular formula is C14H16ClF2N3O4. The number of ether oxygens (including phenoxy) is 1. The highest BCUT2D eigenvalue weighted by molar-refractivity contribution is 6.31. The van der Waals surface area contributed by atoms with E-state index in [9.17, 15) is 23.7 Å².